The third kappa shape index (κ3) is 11.7. The summed E-state index contributed by atoms with van der Waals surface area (Å²) < 4.78 is 0. The van der Waals surface area contributed by atoms with Crippen LogP contribution in [0.25, 0.3) is 0 Å². The second-order valence-electron chi connectivity index (χ2n) is 0.854. The fourth-order valence-corrected chi connectivity index (χ4v) is 0. The highest BCUT2D eigenvalue weighted by atomic mass is 24.3. The van der Waals surface area contributed by atoms with E-state index in [2.05, 4.69) is 13.8 Å². The maximum Gasteiger partial charge on any atom is 0.316 e. The lowest BCUT2D eigenvalue weighted by Crippen LogP contribution is -1.48. The number of unbranched alkanes of at least 4 members (excludes halogenated alkanes) is 1. The van der Waals surface area contributed by atoms with Crippen LogP contribution in [-0.2, 0) is 0 Å². The summed E-state index contributed by atoms with van der Waals surface area (Å²) in [6.45, 7) is 5.72. The smallest absolute Gasteiger partial charge is 0.0654 e. The molecule has 1 heteroatoms. The van der Waals surface area contributed by atoms with Crippen LogP contribution in [0.4, 0.5) is 0 Å². The van der Waals surface area contributed by atoms with Gasteiger partial charge in [-0.1, -0.05) is 26.7 Å². The molecule has 0 bridgehead atoms. The van der Waals surface area contributed by atoms with E-state index in [1.54, 1.807) is 0 Å². The van der Waals surface area contributed by atoms with Gasteiger partial charge < -0.3 is 0 Å². The second-order valence-corrected chi connectivity index (χ2v) is 0.854. The Hall–Kier alpha value is 0.766. The SMILES string of the molecule is [CH2]CCC.[MgH2]. The average Bonchev–Trinajstić information content (AvgIpc) is 1.37. The Morgan fingerprint density at radius 1 is 1.60 bits per heavy atom. The minimum Gasteiger partial charge on any atom is -0.0654 e. The van der Waals surface area contributed by atoms with E-state index < -0.39 is 0 Å². The van der Waals surface area contributed by atoms with Gasteiger partial charge in [-0.25, -0.2) is 0 Å². The molecule has 0 saturated heterocycles. The first-order chi connectivity index (χ1) is 1.91. The molecule has 29 valence electrons. The minimum atomic E-state index is 0. The van der Waals surface area contributed by atoms with Crippen molar-refractivity contribution in [1.29, 1.82) is 0 Å². The highest BCUT2D eigenvalue weighted by Crippen LogP contribution is 1.75. The van der Waals surface area contributed by atoms with Crippen LogP contribution in [0.5, 0.6) is 0 Å². The van der Waals surface area contributed by atoms with Gasteiger partial charge in [0.25, 0.3) is 0 Å². The zero-order valence-electron chi connectivity index (χ0n) is 3.12. The molecule has 0 aromatic heterocycles. The first kappa shape index (κ1) is 9.23. The lowest BCUT2D eigenvalue weighted by molar-refractivity contribution is 0.956. The zero-order chi connectivity index (χ0) is 3.41. The second kappa shape index (κ2) is 8.84. The summed E-state index contributed by atoms with van der Waals surface area (Å²) in [5.41, 5.74) is 0. The monoisotopic (exact) mass is 83.1 g/mol. The van der Waals surface area contributed by atoms with E-state index in [9.17, 15) is 0 Å². The summed E-state index contributed by atoms with van der Waals surface area (Å²) in [7, 11) is 0. The predicted molar refractivity (Wildman–Crippen MR) is 28.8 cm³/mol. The van der Waals surface area contributed by atoms with E-state index in [4.69, 9.17) is 0 Å². The highest BCUT2D eigenvalue weighted by molar-refractivity contribution is 5.75. The molecule has 0 fully saturated rings. The molecule has 0 aliphatic heterocycles. The number of rotatable bonds is 1. The summed E-state index contributed by atoms with van der Waals surface area (Å²) >= 11 is 0. The molecule has 0 aliphatic rings. The summed E-state index contributed by atoms with van der Waals surface area (Å²) in [5, 5.41) is 0. The maximum atomic E-state index is 3.60. The van der Waals surface area contributed by atoms with Crippen LogP contribution in [0.15, 0.2) is 0 Å². The largest absolute Gasteiger partial charge is 0.316 e. The van der Waals surface area contributed by atoms with Gasteiger partial charge in [-0.2, -0.15) is 0 Å². The Kier molecular flexibility index (Phi) is 16.3. The fourth-order valence-electron chi connectivity index (χ4n) is 0. The molecule has 0 unspecified atom stereocenters. The topological polar surface area (TPSA) is 0 Å². The maximum absolute atomic E-state index is 3.60. The van der Waals surface area contributed by atoms with Crippen molar-refractivity contribution in [1.82, 2.24) is 0 Å². The van der Waals surface area contributed by atoms with Crippen LogP contribution >= 0.6 is 0 Å². The molecule has 0 heterocycles. The average molecular weight is 83.4 g/mol. The van der Waals surface area contributed by atoms with Crippen LogP contribution in [0, 0.1) is 6.92 Å². The van der Waals surface area contributed by atoms with E-state index >= 15 is 0 Å². The van der Waals surface area contributed by atoms with Gasteiger partial charge in [0.15, 0.2) is 0 Å². The van der Waals surface area contributed by atoms with Crippen LogP contribution in [0.1, 0.15) is 19.8 Å². The minimum absolute atomic E-state index is 0. The van der Waals surface area contributed by atoms with E-state index in [-0.39, 0.29) is 23.1 Å². The Balaban J connectivity index is 0. The number of hydrogen-bond acceptors (Lipinski definition) is 0. The van der Waals surface area contributed by atoms with Gasteiger partial charge in [0.2, 0.25) is 0 Å². The summed E-state index contributed by atoms with van der Waals surface area (Å²) in [6, 6.07) is 0. The van der Waals surface area contributed by atoms with Gasteiger partial charge in [0, 0.05) is 0 Å². The Morgan fingerprint density at radius 2 is 1.80 bits per heavy atom. The zero-order valence-corrected chi connectivity index (χ0v) is 3.12. The molecular weight excluding hydrogens is 72.3 g/mol. The molecule has 0 N–H and O–H groups in total. The molecule has 0 aromatic rings. The summed E-state index contributed by atoms with van der Waals surface area (Å²) in [5.74, 6) is 0. The molecule has 1 radical (unpaired) electrons. The Morgan fingerprint density at radius 3 is 1.80 bits per heavy atom. The van der Waals surface area contributed by atoms with Crippen molar-refractivity contribution in [2.45, 2.75) is 19.8 Å². The van der Waals surface area contributed by atoms with Crippen LogP contribution in [-0.4, -0.2) is 23.1 Å². The standard InChI is InChI=1S/C4H9.Mg.2H/c1-3-4-2;;;/h1,3-4H2,2H3;;;. The van der Waals surface area contributed by atoms with E-state index in [0.717, 1.165) is 6.42 Å². The van der Waals surface area contributed by atoms with Crippen LogP contribution in [0.3, 0.4) is 0 Å². The molecule has 0 atom stereocenters. The van der Waals surface area contributed by atoms with Crippen molar-refractivity contribution in [3.8, 4) is 0 Å². The Labute approximate surface area is 50.1 Å². The molecular formula is C4H11Mg. The lowest BCUT2D eigenvalue weighted by atomic mass is 10.4. The van der Waals surface area contributed by atoms with E-state index in [1.807, 2.05) is 0 Å². The molecule has 0 amide bonds. The third-order valence-corrected chi connectivity index (χ3v) is 0.354. The first-order valence-corrected chi connectivity index (χ1v) is 1.71. The van der Waals surface area contributed by atoms with Gasteiger partial charge in [0.1, 0.15) is 0 Å². The summed E-state index contributed by atoms with van der Waals surface area (Å²) in [6.07, 6.45) is 2.28. The lowest BCUT2D eigenvalue weighted by Gasteiger charge is -1.67. The van der Waals surface area contributed by atoms with Crippen molar-refractivity contribution in [3.05, 3.63) is 6.92 Å². The van der Waals surface area contributed by atoms with Crippen molar-refractivity contribution in [2.24, 2.45) is 0 Å². The Bertz CT molecular complexity index is 5.61. The highest BCUT2D eigenvalue weighted by Gasteiger charge is 1.56. The van der Waals surface area contributed by atoms with Gasteiger partial charge in [-0.05, 0) is 0 Å². The normalized spacial score (nSPS) is 6.00. The van der Waals surface area contributed by atoms with E-state index in [1.165, 1.54) is 6.42 Å². The van der Waals surface area contributed by atoms with Gasteiger partial charge >= 0.3 is 23.1 Å². The van der Waals surface area contributed by atoms with E-state index in [0.29, 0.717) is 0 Å². The summed E-state index contributed by atoms with van der Waals surface area (Å²) in [4.78, 5) is 0. The van der Waals surface area contributed by atoms with Crippen LogP contribution in [0.2, 0.25) is 0 Å². The predicted octanol–water partition coefficient (Wildman–Crippen LogP) is 0.704. The van der Waals surface area contributed by atoms with Gasteiger partial charge in [-0.3, -0.25) is 0 Å². The fraction of sp³-hybridized carbons (Fsp3) is 0.750. The van der Waals surface area contributed by atoms with Crippen LogP contribution < -0.4 is 0 Å². The first-order valence-electron chi connectivity index (χ1n) is 1.71. The molecule has 0 spiro atoms. The third-order valence-electron chi connectivity index (χ3n) is 0.354. The quantitative estimate of drug-likeness (QED) is 0.410. The number of hydrogen-bond donors (Lipinski definition) is 0. The molecule has 0 aliphatic carbocycles. The molecule has 0 saturated carbocycles. The van der Waals surface area contributed by atoms with Gasteiger partial charge in [0.05, 0.1) is 0 Å². The molecule has 0 aromatic carbocycles. The van der Waals surface area contributed by atoms with Gasteiger partial charge in [-0.15, -0.1) is 0 Å². The molecule has 0 nitrogen and oxygen atoms in total. The van der Waals surface area contributed by atoms with Crippen molar-refractivity contribution in [2.75, 3.05) is 0 Å². The van der Waals surface area contributed by atoms with Crippen molar-refractivity contribution in [3.63, 3.8) is 0 Å². The molecule has 5 heavy (non-hydrogen) atoms. The van der Waals surface area contributed by atoms with Crippen molar-refractivity contribution < 1.29 is 0 Å². The van der Waals surface area contributed by atoms with Crippen molar-refractivity contribution >= 4 is 23.1 Å². The molecule has 0 rings (SSSR count).